The Labute approximate surface area is 142 Å². The van der Waals surface area contributed by atoms with Gasteiger partial charge in [-0.3, -0.25) is 4.79 Å². The Hall–Kier alpha value is -2.27. The van der Waals surface area contributed by atoms with E-state index in [1.165, 1.54) is 0 Å². The smallest absolute Gasteiger partial charge is 0.258 e. The molecule has 0 aliphatic rings. The number of amides is 1. The highest BCUT2D eigenvalue weighted by Gasteiger charge is 2.14. The lowest BCUT2D eigenvalue weighted by atomic mass is 10.2. The molecule has 1 aromatic heterocycles. The van der Waals surface area contributed by atoms with E-state index in [9.17, 15) is 4.79 Å². The van der Waals surface area contributed by atoms with Gasteiger partial charge < -0.3 is 14.5 Å². The number of halogens is 1. The molecule has 1 amide bonds. The zero-order chi connectivity index (χ0) is 16.2. The first kappa shape index (κ1) is 15.6. The summed E-state index contributed by atoms with van der Waals surface area (Å²) in [6.45, 7) is 1.83. The van der Waals surface area contributed by atoms with Crippen LogP contribution in [0.25, 0.3) is 11.0 Å². The van der Waals surface area contributed by atoms with Crippen LogP contribution in [0.3, 0.4) is 0 Å². The number of hydrogen-bond acceptors (Lipinski definition) is 3. The van der Waals surface area contributed by atoms with Crippen molar-refractivity contribution in [2.45, 2.75) is 13.0 Å². The fraction of sp³-hybridized carbons (Fsp3) is 0.167. The van der Waals surface area contributed by atoms with Gasteiger partial charge in [0.2, 0.25) is 0 Å². The maximum atomic E-state index is 12.0. The van der Waals surface area contributed by atoms with Crippen molar-refractivity contribution < 1.29 is 13.9 Å². The molecule has 3 rings (SSSR count). The molecule has 0 saturated carbocycles. The number of benzene rings is 2. The van der Waals surface area contributed by atoms with Gasteiger partial charge in [0, 0.05) is 5.39 Å². The summed E-state index contributed by atoms with van der Waals surface area (Å²) in [5.74, 6) is 1.16. The summed E-state index contributed by atoms with van der Waals surface area (Å²) >= 11 is 3.38. The standard InChI is InChI=1S/C18H16BrNO3/c1-12(17-10-13-6-2-4-8-15(13)23-17)20-18(21)11-22-16-9-5-3-7-14(16)19/h2-10,12H,11H2,1H3,(H,20,21)/t12-/m1/s1. The average Bonchev–Trinajstić information content (AvgIpc) is 2.98. The minimum atomic E-state index is -0.224. The highest BCUT2D eigenvalue weighted by atomic mass is 79.9. The van der Waals surface area contributed by atoms with Crippen LogP contribution in [0.5, 0.6) is 5.75 Å². The predicted molar refractivity (Wildman–Crippen MR) is 92.4 cm³/mol. The third-order valence-electron chi connectivity index (χ3n) is 3.44. The second-order valence-corrected chi connectivity index (χ2v) is 6.05. The Morgan fingerprint density at radius 2 is 1.96 bits per heavy atom. The molecule has 5 heteroatoms. The molecule has 1 heterocycles. The van der Waals surface area contributed by atoms with Crippen LogP contribution in [-0.4, -0.2) is 12.5 Å². The molecule has 0 fully saturated rings. The maximum Gasteiger partial charge on any atom is 0.258 e. The van der Waals surface area contributed by atoms with Gasteiger partial charge in [-0.1, -0.05) is 30.3 Å². The van der Waals surface area contributed by atoms with Crippen molar-refractivity contribution in [3.63, 3.8) is 0 Å². The molecule has 2 aromatic carbocycles. The fourth-order valence-corrected chi connectivity index (χ4v) is 2.67. The van der Waals surface area contributed by atoms with E-state index in [0.717, 1.165) is 21.2 Å². The summed E-state index contributed by atoms with van der Waals surface area (Å²) in [7, 11) is 0. The third kappa shape index (κ3) is 3.74. The lowest BCUT2D eigenvalue weighted by Gasteiger charge is -2.12. The largest absolute Gasteiger partial charge is 0.483 e. The minimum Gasteiger partial charge on any atom is -0.483 e. The number of carbonyl (C=O) groups excluding carboxylic acids is 1. The molecule has 0 radical (unpaired) electrons. The normalized spacial score (nSPS) is 12.1. The van der Waals surface area contributed by atoms with E-state index in [1.54, 1.807) is 6.07 Å². The molecule has 0 unspecified atom stereocenters. The summed E-state index contributed by atoms with van der Waals surface area (Å²) < 4.78 is 12.1. The minimum absolute atomic E-state index is 0.0484. The van der Waals surface area contributed by atoms with Gasteiger partial charge >= 0.3 is 0 Å². The van der Waals surface area contributed by atoms with E-state index in [1.807, 2.05) is 55.5 Å². The number of para-hydroxylation sites is 2. The summed E-state index contributed by atoms with van der Waals surface area (Å²) in [4.78, 5) is 12.0. The lowest BCUT2D eigenvalue weighted by Crippen LogP contribution is -2.31. The zero-order valence-corrected chi connectivity index (χ0v) is 14.2. The van der Waals surface area contributed by atoms with E-state index >= 15 is 0 Å². The molecule has 0 bridgehead atoms. The Morgan fingerprint density at radius 3 is 2.74 bits per heavy atom. The zero-order valence-electron chi connectivity index (χ0n) is 12.6. The van der Waals surface area contributed by atoms with Crippen molar-refractivity contribution in [3.8, 4) is 5.75 Å². The second-order valence-electron chi connectivity index (χ2n) is 5.19. The van der Waals surface area contributed by atoms with Gasteiger partial charge in [-0.15, -0.1) is 0 Å². The van der Waals surface area contributed by atoms with Gasteiger partial charge in [0.15, 0.2) is 6.61 Å². The quantitative estimate of drug-likeness (QED) is 0.718. The van der Waals surface area contributed by atoms with Crippen LogP contribution in [0.1, 0.15) is 18.7 Å². The fourth-order valence-electron chi connectivity index (χ4n) is 2.28. The number of furan rings is 1. The van der Waals surface area contributed by atoms with Crippen LogP contribution < -0.4 is 10.1 Å². The van der Waals surface area contributed by atoms with Crippen molar-refractivity contribution in [2.24, 2.45) is 0 Å². The number of ether oxygens (including phenoxy) is 1. The van der Waals surface area contributed by atoms with E-state index < -0.39 is 0 Å². The molecule has 1 N–H and O–H groups in total. The number of rotatable bonds is 5. The molecule has 4 nitrogen and oxygen atoms in total. The Kier molecular flexibility index (Phi) is 4.67. The van der Waals surface area contributed by atoms with Gasteiger partial charge in [0.05, 0.1) is 10.5 Å². The molecule has 0 spiro atoms. The van der Waals surface area contributed by atoms with Crippen molar-refractivity contribution in [1.29, 1.82) is 0 Å². The molecule has 0 aliphatic heterocycles. The van der Waals surface area contributed by atoms with Crippen LogP contribution in [0, 0.1) is 0 Å². The van der Waals surface area contributed by atoms with Gasteiger partial charge in [0.1, 0.15) is 17.1 Å². The maximum absolute atomic E-state index is 12.0. The molecule has 0 aliphatic carbocycles. The Balaban J connectivity index is 1.60. The van der Waals surface area contributed by atoms with Crippen molar-refractivity contribution in [1.82, 2.24) is 5.32 Å². The molecular formula is C18H16BrNO3. The number of hydrogen-bond donors (Lipinski definition) is 1. The van der Waals surface area contributed by atoms with Crippen LogP contribution in [0.4, 0.5) is 0 Å². The van der Waals surface area contributed by atoms with Crippen LogP contribution in [0.15, 0.2) is 63.5 Å². The number of fused-ring (bicyclic) bond motifs is 1. The molecule has 3 aromatic rings. The molecule has 118 valence electrons. The first-order valence-electron chi connectivity index (χ1n) is 7.28. The average molecular weight is 374 g/mol. The first-order valence-corrected chi connectivity index (χ1v) is 8.08. The Bertz CT molecular complexity index is 795. The van der Waals surface area contributed by atoms with E-state index in [4.69, 9.17) is 9.15 Å². The Morgan fingerprint density at radius 1 is 1.22 bits per heavy atom. The van der Waals surface area contributed by atoms with Gasteiger partial charge in [-0.05, 0) is 47.1 Å². The van der Waals surface area contributed by atoms with Gasteiger partial charge in [0.25, 0.3) is 5.91 Å². The van der Waals surface area contributed by atoms with Crippen LogP contribution in [-0.2, 0) is 4.79 Å². The predicted octanol–water partition coefficient (Wildman–Crippen LogP) is 4.45. The van der Waals surface area contributed by atoms with Crippen LogP contribution in [0.2, 0.25) is 0 Å². The third-order valence-corrected chi connectivity index (χ3v) is 4.10. The summed E-state index contributed by atoms with van der Waals surface area (Å²) in [5.41, 5.74) is 0.813. The SMILES string of the molecule is C[C@@H](NC(=O)COc1ccccc1Br)c1cc2ccccc2o1. The topological polar surface area (TPSA) is 51.5 Å². The highest BCUT2D eigenvalue weighted by Crippen LogP contribution is 2.25. The van der Waals surface area contributed by atoms with Crippen LogP contribution >= 0.6 is 15.9 Å². The summed E-state index contributed by atoms with van der Waals surface area (Å²) in [6.07, 6.45) is 0. The second kappa shape index (κ2) is 6.87. The van der Waals surface area contributed by atoms with E-state index in [0.29, 0.717) is 5.75 Å². The number of carbonyl (C=O) groups is 1. The lowest BCUT2D eigenvalue weighted by molar-refractivity contribution is -0.123. The van der Waals surface area contributed by atoms with Crippen molar-refractivity contribution in [3.05, 3.63) is 64.8 Å². The van der Waals surface area contributed by atoms with E-state index in [-0.39, 0.29) is 18.6 Å². The molecular weight excluding hydrogens is 358 g/mol. The molecule has 1 atom stereocenters. The van der Waals surface area contributed by atoms with Crippen molar-refractivity contribution >= 4 is 32.8 Å². The molecule has 0 saturated heterocycles. The first-order chi connectivity index (χ1) is 11.1. The number of nitrogens with one attached hydrogen (secondary N) is 1. The highest BCUT2D eigenvalue weighted by molar-refractivity contribution is 9.10. The summed E-state index contributed by atoms with van der Waals surface area (Å²) in [6, 6.07) is 16.9. The summed E-state index contributed by atoms with van der Waals surface area (Å²) in [5, 5.41) is 3.90. The van der Waals surface area contributed by atoms with Gasteiger partial charge in [-0.2, -0.15) is 0 Å². The molecule has 23 heavy (non-hydrogen) atoms. The monoisotopic (exact) mass is 373 g/mol. The van der Waals surface area contributed by atoms with E-state index in [2.05, 4.69) is 21.2 Å². The van der Waals surface area contributed by atoms with Crippen molar-refractivity contribution in [2.75, 3.05) is 6.61 Å². The van der Waals surface area contributed by atoms with Gasteiger partial charge in [-0.25, -0.2) is 0 Å².